The van der Waals surface area contributed by atoms with Crippen LogP contribution >= 0.6 is 0 Å². The average molecular weight is 339 g/mol. The summed E-state index contributed by atoms with van der Waals surface area (Å²) >= 11 is 0. The normalized spacial score (nSPS) is 10.4. The quantitative estimate of drug-likeness (QED) is 0.430. The third-order valence-electron chi connectivity index (χ3n) is 3.43. The molecule has 0 aliphatic carbocycles. The van der Waals surface area contributed by atoms with E-state index in [2.05, 4.69) is 20.4 Å². The van der Waals surface area contributed by atoms with E-state index < -0.39 is 10.9 Å². The van der Waals surface area contributed by atoms with Crippen LogP contribution in [0.4, 0.5) is 5.69 Å². The van der Waals surface area contributed by atoms with Crippen LogP contribution in [0.5, 0.6) is 0 Å². The molecule has 2 aromatic heterocycles. The lowest BCUT2D eigenvalue weighted by atomic mass is 10.1. The molecule has 0 spiro atoms. The van der Waals surface area contributed by atoms with E-state index in [0.29, 0.717) is 17.0 Å². The number of carbonyl (C=O) groups excluding carboxylic acids is 1. The van der Waals surface area contributed by atoms with Gasteiger partial charge in [-0.05, 0) is 13.0 Å². The van der Waals surface area contributed by atoms with Crippen LogP contribution in [-0.2, 0) is 4.74 Å². The first-order valence-electron chi connectivity index (χ1n) is 7.39. The molecular weight excluding hydrogens is 326 g/mol. The van der Waals surface area contributed by atoms with Gasteiger partial charge >= 0.3 is 5.97 Å². The van der Waals surface area contributed by atoms with Crippen LogP contribution in [0.15, 0.2) is 42.6 Å². The molecule has 0 saturated carbocycles. The van der Waals surface area contributed by atoms with Crippen LogP contribution in [0.25, 0.3) is 22.5 Å². The smallest absolute Gasteiger partial charge is 0.361 e. The molecule has 25 heavy (non-hydrogen) atoms. The Balaban J connectivity index is 1.87. The largest absolute Gasteiger partial charge is 0.461 e. The Bertz CT molecular complexity index is 903. The zero-order valence-electron chi connectivity index (χ0n) is 13.2. The number of esters is 1. The summed E-state index contributed by atoms with van der Waals surface area (Å²) in [6.07, 6.45) is 1.21. The first-order chi connectivity index (χ1) is 12.1. The highest BCUT2D eigenvalue weighted by Crippen LogP contribution is 2.25. The zero-order valence-corrected chi connectivity index (χ0v) is 13.2. The monoisotopic (exact) mass is 339 g/mol. The molecule has 0 atom stereocenters. The molecule has 9 nitrogen and oxygen atoms in total. The number of nitro groups is 1. The van der Waals surface area contributed by atoms with E-state index in [-0.39, 0.29) is 18.0 Å². The molecule has 2 heterocycles. The van der Waals surface area contributed by atoms with Gasteiger partial charge in [-0.3, -0.25) is 10.1 Å². The van der Waals surface area contributed by atoms with Crippen molar-refractivity contribution in [3.8, 4) is 22.5 Å². The fourth-order valence-corrected chi connectivity index (χ4v) is 2.24. The minimum atomic E-state index is -0.549. The van der Waals surface area contributed by atoms with Gasteiger partial charge in [-0.1, -0.05) is 24.3 Å². The van der Waals surface area contributed by atoms with Crippen molar-refractivity contribution in [2.75, 3.05) is 6.61 Å². The van der Waals surface area contributed by atoms with Crippen molar-refractivity contribution in [3.05, 3.63) is 58.4 Å². The molecule has 0 fully saturated rings. The Morgan fingerprint density at radius 2 is 1.88 bits per heavy atom. The second-order valence-corrected chi connectivity index (χ2v) is 4.98. The number of carbonyl (C=O) groups is 1. The summed E-state index contributed by atoms with van der Waals surface area (Å²) in [7, 11) is 0. The lowest BCUT2D eigenvalue weighted by Crippen LogP contribution is -2.06. The molecule has 3 aromatic rings. The van der Waals surface area contributed by atoms with Crippen LogP contribution in [0, 0.1) is 10.1 Å². The van der Waals surface area contributed by atoms with Crippen LogP contribution < -0.4 is 0 Å². The van der Waals surface area contributed by atoms with E-state index in [1.165, 1.54) is 12.3 Å². The summed E-state index contributed by atoms with van der Waals surface area (Å²) in [5, 5.41) is 20.9. The first kappa shape index (κ1) is 16.2. The average Bonchev–Trinajstić information content (AvgIpc) is 3.12. The summed E-state index contributed by atoms with van der Waals surface area (Å²) in [4.78, 5) is 26.1. The van der Waals surface area contributed by atoms with Crippen molar-refractivity contribution >= 4 is 11.7 Å². The minimum Gasteiger partial charge on any atom is -0.461 e. The van der Waals surface area contributed by atoms with Crippen molar-refractivity contribution < 1.29 is 14.5 Å². The number of nitrogens with one attached hydrogen (secondary N) is 1. The van der Waals surface area contributed by atoms with E-state index >= 15 is 0 Å². The highest BCUT2D eigenvalue weighted by molar-refractivity contribution is 5.94. The number of ether oxygens (including phenoxy) is 1. The number of benzene rings is 1. The molecule has 0 radical (unpaired) electrons. The highest BCUT2D eigenvalue weighted by Gasteiger charge is 2.19. The molecular formula is C16H13N5O4. The lowest BCUT2D eigenvalue weighted by Gasteiger charge is -2.04. The van der Waals surface area contributed by atoms with Crippen molar-refractivity contribution in [3.63, 3.8) is 0 Å². The Labute approximate surface area is 141 Å². The Morgan fingerprint density at radius 1 is 1.16 bits per heavy atom. The van der Waals surface area contributed by atoms with Crippen molar-refractivity contribution in [1.82, 2.24) is 20.4 Å². The number of aromatic amines is 1. The molecule has 0 aliphatic rings. The summed E-state index contributed by atoms with van der Waals surface area (Å²) < 4.78 is 4.95. The summed E-state index contributed by atoms with van der Waals surface area (Å²) in [5.41, 5.74) is 2.50. The number of H-pyrrole nitrogens is 1. The third-order valence-corrected chi connectivity index (χ3v) is 3.43. The second kappa shape index (κ2) is 6.87. The van der Waals surface area contributed by atoms with Crippen molar-refractivity contribution in [2.24, 2.45) is 0 Å². The molecule has 0 saturated heterocycles. The first-order valence-corrected chi connectivity index (χ1v) is 7.39. The van der Waals surface area contributed by atoms with Gasteiger partial charge in [-0.25, -0.2) is 9.78 Å². The maximum absolute atomic E-state index is 11.9. The van der Waals surface area contributed by atoms with Crippen LogP contribution in [0.3, 0.4) is 0 Å². The van der Waals surface area contributed by atoms with E-state index in [1.807, 2.05) is 0 Å². The van der Waals surface area contributed by atoms with E-state index in [1.54, 1.807) is 37.3 Å². The van der Waals surface area contributed by atoms with Crippen LogP contribution in [0.1, 0.15) is 17.4 Å². The Morgan fingerprint density at radius 3 is 2.48 bits per heavy atom. The minimum absolute atomic E-state index is 0.0676. The molecule has 9 heteroatoms. The van der Waals surface area contributed by atoms with Crippen LogP contribution in [0.2, 0.25) is 0 Å². The van der Waals surface area contributed by atoms with Gasteiger partial charge in [0, 0.05) is 17.2 Å². The van der Waals surface area contributed by atoms with Crippen molar-refractivity contribution in [2.45, 2.75) is 6.92 Å². The molecule has 1 aromatic carbocycles. The number of aromatic nitrogens is 4. The van der Waals surface area contributed by atoms with E-state index in [4.69, 9.17) is 4.74 Å². The molecule has 0 bridgehead atoms. The van der Waals surface area contributed by atoms with Gasteiger partial charge in [0.05, 0.1) is 17.2 Å². The van der Waals surface area contributed by atoms with Gasteiger partial charge in [-0.15, -0.1) is 5.10 Å². The highest BCUT2D eigenvalue weighted by atomic mass is 16.6. The molecule has 1 N–H and O–H groups in total. The van der Waals surface area contributed by atoms with E-state index in [9.17, 15) is 14.9 Å². The maximum atomic E-state index is 11.9. The molecule has 0 unspecified atom stereocenters. The van der Waals surface area contributed by atoms with Crippen LogP contribution in [-0.4, -0.2) is 37.9 Å². The predicted octanol–water partition coefficient (Wildman–Crippen LogP) is 2.62. The number of nitrogens with zero attached hydrogens (tertiary/aromatic N) is 4. The lowest BCUT2D eigenvalue weighted by molar-refractivity contribution is -0.385. The van der Waals surface area contributed by atoms with Gasteiger partial charge in [0.2, 0.25) is 0 Å². The maximum Gasteiger partial charge on any atom is 0.361 e. The summed E-state index contributed by atoms with van der Waals surface area (Å²) in [6, 6.07) is 10.1. The molecule has 126 valence electrons. The number of pyridine rings is 1. The third kappa shape index (κ3) is 3.34. The zero-order chi connectivity index (χ0) is 17.8. The van der Waals surface area contributed by atoms with Crippen molar-refractivity contribution in [1.29, 1.82) is 0 Å². The van der Waals surface area contributed by atoms with Gasteiger partial charge in [-0.2, -0.15) is 10.3 Å². The molecule has 3 rings (SSSR count). The summed E-state index contributed by atoms with van der Waals surface area (Å²) in [6.45, 7) is 1.96. The SMILES string of the molecule is CCOC(=O)c1n[nH]nc1-c1ccc(-c2ccc([N+](=O)[O-])cn2)cc1. The molecule has 0 amide bonds. The Hall–Kier alpha value is -3.62. The fourth-order valence-electron chi connectivity index (χ4n) is 2.24. The topological polar surface area (TPSA) is 124 Å². The van der Waals surface area contributed by atoms with Gasteiger partial charge in [0.15, 0.2) is 5.69 Å². The van der Waals surface area contributed by atoms with E-state index in [0.717, 1.165) is 5.56 Å². The van der Waals surface area contributed by atoms with Gasteiger partial charge in [0.1, 0.15) is 11.9 Å². The van der Waals surface area contributed by atoms with Gasteiger partial charge < -0.3 is 4.74 Å². The number of hydrogen-bond acceptors (Lipinski definition) is 7. The number of hydrogen-bond donors (Lipinski definition) is 1. The summed E-state index contributed by atoms with van der Waals surface area (Å²) in [5.74, 6) is -0.549. The standard InChI is InChI=1S/C16H13N5O4/c1-2-25-16(22)15-14(18-20-19-15)11-5-3-10(4-6-11)13-8-7-12(9-17-13)21(23)24/h3-9H,2H2,1H3,(H,18,19,20). The second-order valence-electron chi connectivity index (χ2n) is 4.98. The molecule has 0 aliphatic heterocycles. The Kier molecular flexibility index (Phi) is 4.46. The van der Waals surface area contributed by atoms with Gasteiger partial charge in [0.25, 0.3) is 5.69 Å². The predicted molar refractivity (Wildman–Crippen MR) is 87.7 cm³/mol. The fraction of sp³-hybridized carbons (Fsp3) is 0.125. The number of rotatable bonds is 5.